The Bertz CT molecular complexity index is 482. The summed E-state index contributed by atoms with van der Waals surface area (Å²) in [4.78, 5) is 5.37. The number of hydrogen-bond acceptors (Lipinski definition) is 5. The van der Waals surface area contributed by atoms with Gasteiger partial charge in [0, 0.05) is 24.7 Å². The summed E-state index contributed by atoms with van der Waals surface area (Å²) in [5.74, 6) is 0.902. The number of aromatic nitrogens is 4. The van der Waals surface area contributed by atoms with Gasteiger partial charge in [-0.2, -0.15) is 0 Å². The Hall–Kier alpha value is -1.56. The molecule has 17 heavy (non-hydrogen) atoms. The van der Waals surface area contributed by atoms with Crippen LogP contribution in [0.2, 0.25) is 0 Å². The van der Waals surface area contributed by atoms with E-state index < -0.39 is 0 Å². The average molecular weight is 249 g/mol. The van der Waals surface area contributed by atoms with Crippen molar-refractivity contribution in [3.63, 3.8) is 0 Å². The normalized spacial score (nSPS) is 10.5. The summed E-state index contributed by atoms with van der Waals surface area (Å²) in [6.45, 7) is 3.07. The third-order valence-electron chi connectivity index (χ3n) is 2.17. The maximum absolute atomic E-state index is 4.26. The summed E-state index contributed by atoms with van der Waals surface area (Å²) in [5, 5.41) is 12.0. The number of pyridine rings is 1. The molecule has 2 aromatic rings. The third kappa shape index (κ3) is 3.20. The van der Waals surface area contributed by atoms with Crippen LogP contribution in [-0.2, 0) is 7.05 Å². The van der Waals surface area contributed by atoms with E-state index in [0.717, 1.165) is 28.8 Å². The van der Waals surface area contributed by atoms with Crippen molar-refractivity contribution in [1.82, 2.24) is 19.7 Å². The van der Waals surface area contributed by atoms with Crippen molar-refractivity contribution < 1.29 is 0 Å². The molecule has 0 aliphatic rings. The quantitative estimate of drug-likeness (QED) is 0.880. The zero-order valence-electron chi connectivity index (χ0n) is 9.92. The molecule has 0 radical (unpaired) electrons. The Morgan fingerprint density at radius 2 is 2.35 bits per heavy atom. The molecule has 5 nitrogen and oxygen atoms in total. The summed E-state index contributed by atoms with van der Waals surface area (Å²) < 4.78 is 1.89. The topological polar surface area (TPSA) is 55.6 Å². The van der Waals surface area contributed by atoms with Gasteiger partial charge in [-0.05, 0) is 30.3 Å². The molecule has 90 valence electrons. The predicted molar refractivity (Wildman–Crippen MR) is 68.1 cm³/mol. The number of nitrogens with one attached hydrogen (secondary N) is 1. The van der Waals surface area contributed by atoms with Gasteiger partial charge in [0.25, 0.3) is 0 Å². The van der Waals surface area contributed by atoms with Crippen LogP contribution in [-0.4, -0.2) is 26.3 Å². The van der Waals surface area contributed by atoms with Gasteiger partial charge in [0.15, 0.2) is 5.16 Å². The van der Waals surface area contributed by atoms with Crippen LogP contribution in [0.3, 0.4) is 0 Å². The van der Waals surface area contributed by atoms with Crippen LogP contribution in [0.25, 0.3) is 0 Å². The zero-order chi connectivity index (χ0) is 12.1. The highest BCUT2D eigenvalue weighted by molar-refractivity contribution is 7.99. The molecule has 0 aliphatic heterocycles. The lowest BCUT2D eigenvalue weighted by atomic mass is 10.4. The van der Waals surface area contributed by atoms with Gasteiger partial charge in [-0.15, -0.1) is 10.2 Å². The van der Waals surface area contributed by atoms with Gasteiger partial charge < -0.3 is 9.88 Å². The second-order valence-corrected chi connectivity index (χ2v) is 4.67. The van der Waals surface area contributed by atoms with Crippen molar-refractivity contribution in [3.8, 4) is 0 Å². The number of anilines is 1. The van der Waals surface area contributed by atoms with Crippen molar-refractivity contribution in [1.29, 1.82) is 0 Å². The summed E-state index contributed by atoms with van der Waals surface area (Å²) in [6.07, 6.45) is 4.58. The first kappa shape index (κ1) is 11.9. The van der Waals surface area contributed by atoms with E-state index in [1.165, 1.54) is 0 Å². The summed E-state index contributed by atoms with van der Waals surface area (Å²) in [6, 6.07) is 3.99. The van der Waals surface area contributed by atoms with Gasteiger partial charge in [0.2, 0.25) is 0 Å². The first-order chi connectivity index (χ1) is 8.29. The highest BCUT2D eigenvalue weighted by Crippen LogP contribution is 2.26. The standard InChI is InChI=1S/C11H15N5S/c1-3-5-12-10-7-9(4-6-13-10)17-11-15-14-8-16(11)2/h4,6-8H,3,5H2,1-2H3,(H,12,13). The van der Waals surface area contributed by atoms with Gasteiger partial charge >= 0.3 is 0 Å². The predicted octanol–water partition coefficient (Wildman–Crippen LogP) is 2.18. The van der Waals surface area contributed by atoms with Crippen molar-refractivity contribution in [2.75, 3.05) is 11.9 Å². The molecule has 0 aliphatic carbocycles. The Kier molecular flexibility index (Phi) is 3.98. The van der Waals surface area contributed by atoms with E-state index in [1.54, 1.807) is 24.3 Å². The van der Waals surface area contributed by atoms with E-state index >= 15 is 0 Å². The molecule has 0 saturated heterocycles. The van der Waals surface area contributed by atoms with Gasteiger partial charge in [-0.1, -0.05) is 6.92 Å². The molecule has 0 amide bonds. The highest BCUT2D eigenvalue weighted by atomic mass is 32.2. The van der Waals surface area contributed by atoms with Crippen LogP contribution in [0.1, 0.15) is 13.3 Å². The number of rotatable bonds is 5. The van der Waals surface area contributed by atoms with Gasteiger partial charge in [0.1, 0.15) is 12.1 Å². The first-order valence-electron chi connectivity index (χ1n) is 5.51. The van der Waals surface area contributed by atoms with E-state index in [0.29, 0.717) is 0 Å². The molecule has 1 N–H and O–H groups in total. The number of hydrogen-bond donors (Lipinski definition) is 1. The molecular weight excluding hydrogens is 234 g/mol. The zero-order valence-corrected chi connectivity index (χ0v) is 10.7. The largest absolute Gasteiger partial charge is 0.370 e. The monoisotopic (exact) mass is 249 g/mol. The fraction of sp³-hybridized carbons (Fsp3) is 0.364. The lowest BCUT2D eigenvalue weighted by Gasteiger charge is -2.05. The smallest absolute Gasteiger partial charge is 0.195 e. The van der Waals surface area contributed by atoms with Crippen LogP contribution in [0.5, 0.6) is 0 Å². The van der Waals surface area contributed by atoms with Crippen LogP contribution >= 0.6 is 11.8 Å². The second kappa shape index (κ2) is 5.67. The minimum atomic E-state index is 0.873. The molecule has 0 aromatic carbocycles. The molecular formula is C11H15N5S. The maximum atomic E-state index is 4.26. The molecule has 6 heteroatoms. The van der Waals surface area contributed by atoms with Gasteiger partial charge in [-0.25, -0.2) is 4.98 Å². The van der Waals surface area contributed by atoms with Crippen molar-refractivity contribution >= 4 is 17.6 Å². The highest BCUT2D eigenvalue weighted by Gasteiger charge is 2.04. The fourth-order valence-corrected chi connectivity index (χ4v) is 2.08. The van der Waals surface area contributed by atoms with Gasteiger partial charge in [0.05, 0.1) is 0 Å². The third-order valence-corrected chi connectivity index (χ3v) is 3.21. The van der Waals surface area contributed by atoms with Crippen molar-refractivity contribution in [3.05, 3.63) is 24.7 Å². The minimum absolute atomic E-state index is 0.873. The minimum Gasteiger partial charge on any atom is -0.370 e. The van der Waals surface area contributed by atoms with E-state index in [4.69, 9.17) is 0 Å². The van der Waals surface area contributed by atoms with E-state index in [9.17, 15) is 0 Å². The Morgan fingerprint density at radius 3 is 3.06 bits per heavy atom. The molecule has 0 unspecified atom stereocenters. The van der Waals surface area contributed by atoms with Crippen molar-refractivity contribution in [2.24, 2.45) is 7.05 Å². The van der Waals surface area contributed by atoms with Gasteiger partial charge in [-0.3, -0.25) is 0 Å². The second-order valence-electron chi connectivity index (χ2n) is 3.63. The molecule has 0 atom stereocenters. The maximum Gasteiger partial charge on any atom is 0.195 e. The van der Waals surface area contributed by atoms with E-state index in [2.05, 4.69) is 27.4 Å². The lowest BCUT2D eigenvalue weighted by molar-refractivity contribution is 0.788. The molecule has 0 bridgehead atoms. The molecule has 0 spiro atoms. The molecule has 2 aromatic heterocycles. The Labute approximate surface area is 105 Å². The average Bonchev–Trinajstić information content (AvgIpc) is 2.73. The Balaban J connectivity index is 2.08. The van der Waals surface area contributed by atoms with Crippen molar-refractivity contribution in [2.45, 2.75) is 23.4 Å². The summed E-state index contributed by atoms with van der Waals surface area (Å²) in [5.41, 5.74) is 0. The van der Waals surface area contributed by atoms with Crippen LogP contribution in [0, 0.1) is 0 Å². The van der Waals surface area contributed by atoms with Crippen LogP contribution in [0.4, 0.5) is 5.82 Å². The molecule has 0 fully saturated rings. The van der Waals surface area contributed by atoms with E-state index in [-0.39, 0.29) is 0 Å². The molecule has 2 heterocycles. The number of aryl methyl sites for hydroxylation is 1. The fourth-order valence-electron chi connectivity index (χ4n) is 1.29. The summed E-state index contributed by atoms with van der Waals surface area (Å²) >= 11 is 1.58. The number of nitrogens with zero attached hydrogens (tertiary/aromatic N) is 4. The van der Waals surface area contributed by atoms with E-state index in [1.807, 2.05) is 23.7 Å². The van der Waals surface area contributed by atoms with Crippen LogP contribution in [0.15, 0.2) is 34.7 Å². The van der Waals surface area contributed by atoms with Crippen LogP contribution < -0.4 is 5.32 Å². The molecule has 2 rings (SSSR count). The SMILES string of the molecule is CCCNc1cc(Sc2nncn2C)ccn1. The lowest BCUT2D eigenvalue weighted by Crippen LogP contribution is -2.01. The first-order valence-corrected chi connectivity index (χ1v) is 6.33. The molecule has 0 saturated carbocycles. The summed E-state index contributed by atoms with van der Waals surface area (Å²) in [7, 11) is 1.93. The Morgan fingerprint density at radius 1 is 1.47 bits per heavy atom.